The Hall–Kier alpha value is -2.05. The number of nitrogens with zero attached hydrogens (tertiary/aromatic N) is 2. The van der Waals surface area contributed by atoms with E-state index < -0.39 is 6.04 Å². The van der Waals surface area contributed by atoms with Gasteiger partial charge < -0.3 is 5.73 Å². The lowest BCUT2D eigenvalue weighted by molar-refractivity contribution is 0.626. The number of aromatic nitrogens is 3. The molecule has 6 heteroatoms. The Kier molecular flexibility index (Phi) is 3.10. The highest BCUT2D eigenvalue weighted by molar-refractivity contribution is 7.13. The molecule has 3 rings (SSSR count). The second-order valence-electron chi connectivity index (χ2n) is 4.05. The van der Waals surface area contributed by atoms with Crippen LogP contribution in [0.5, 0.6) is 0 Å². The Morgan fingerprint density at radius 2 is 2.00 bits per heavy atom. The van der Waals surface area contributed by atoms with E-state index in [1.165, 1.54) is 12.1 Å². The lowest BCUT2D eigenvalue weighted by Gasteiger charge is -2.07. The first kappa shape index (κ1) is 12.0. The van der Waals surface area contributed by atoms with E-state index in [0.717, 1.165) is 10.4 Å². The second kappa shape index (κ2) is 4.91. The molecule has 1 atom stereocenters. The zero-order valence-electron chi connectivity index (χ0n) is 9.88. The second-order valence-corrected chi connectivity index (χ2v) is 5.00. The fraction of sp³-hybridized carbons (Fsp3) is 0.0769. The molecule has 2 aromatic heterocycles. The van der Waals surface area contributed by atoms with Crippen LogP contribution in [-0.4, -0.2) is 15.2 Å². The molecule has 19 heavy (non-hydrogen) atoms. The van der Waals surface area contributed by atoms with Gasteiger partial charge in [0.2, 0.25) is 0 Å². The van der Waals surface area contributed by atoms with Crippen molar-refractivity contribution in [1.82, 2.24) is 15.2 Å². The van der Waals surface area contributed by atoms with Gasteiger partial charge in [0, 0.05) is 0 Å². The van der Waals surface area contributed by atoms with Crippen molar-refractivity contribution in [2.24, 2.45) is 5.73 Å². The standard InChI is InChI=1S/C13H11FN4S/c14-9-5-3-8(4-6-9)11(15)13-16-12(17-18-13)10-2-1-7-19-10/h1-7,11H,15H2,(H,16,17,18)/t11-/m0/s1. The maximum Gasteiger partial charge on any atom is 0.191 e. The lowest BCUT2D eigenvalue weighted by Crippen LogP contribution is -2.13. The Balaban J connectivity index is 1.88. The van der Waals surface area contributed by atoms with Gasteiger partial charge in [0.1, 0.15) is 11.6 Å². The van der Waals surface area contributed by atoms with Crippen LogP contribution in [0.25, 0.3) is 10.7 Å². The maximum absolute atomic E-state index is 12.9. The summed E-state index contributed by atoms with van der Waals surface area (Å²) < 4.78 is 12.9. The van der Waals surface area contributed by atoms with Crippen molar-refractivity contribution in [3.05, 3.63) is 59.0 Å². The topological polar surface area (TPSA) is 67.6 Å². The summed E-state index contributed by atoms with van der Waals surface area (Å²) in [6.07, 6.45) is 0. The zero-order valence-corrected chi connectivity index (χ0v) is 10.7. The third-order valence-corrected chi connectivity index (χ3v) is 3.63. The largest absolute Gasteiger partial charge is 0.318 e. The van der Waals surface area contributed by atoms with Gasteiger partial charge in [0.05, 0.1) is 10.9 Å². The van der Waals surface area contributed by atoms with Crippen LogP contribution in [0.3, 0.4) is 0 Å². The van der Waals surface area contributed by atoms with Crippen LogP contribution in [0.1, 0.15) is 17.4 Å². The number of hydrogen-bond donors (Lipinski definition) is 2. The van der Waals surface area contributed by atoms with Crippen LogP contribution in [0.15, 0.2) is 41.8 Å². The molecule has 3 N–H and O–H groups in total. The van der Waals surface area contributed by atoms with Crippen molar-refractivity contribution in [2.75, 3.05) is 0 Å². The molecule has 3 aromatic rings. The van der Waals surface area contributed by atoms with Crippen LogP contribution < -0.4 is 5.73 Å². The monoisotopic (exact) mass is 274 g/mol. The number of benzene rings is 1. The third-order valence-electron chi connectivity index (χ3n) is 2.77. The summed E-state index contributed by atoms with van der Waals surface area (Å²) in [5, 5.41) is 8.94. The highest BCUT2D eigenvalue weighted by atomic mass is 32.1. The first-order chi connectivity index (χ1) is 9.24. The average molecular weight is 274 g/mol. The predicted octanol–water partition coefficient (Wildman–Crippen LogP) is 2.72. The minimum Gasteiger partial charge on any atom is -0.318 e. The van der Waals surface area contributed by atoms with Crippen LogP contribution in [-0.2, 0) is 0 Å². The third kappa shape index (κ3) is 2.40. The first-order valence-corrected chi connectivity index (χ1v) is 6.59. The lowest BCUT2D eigenvalue weighted by atomic mass is 10.1. The smallest absolute Gasteiger partial charge is 0.191 e. The van der Waals surface area contributed by atoms with Gasteiger partial charge in [-0.2, -0.15) is 5.10 Å². The molecule has 96 valence electrons. The van der Waals surface area contributed by atoms with E-state index in [9.17, 15) is 4.39 Å². The summed E-state index contributed by atoms with van der Waals surface area (Å²) in [7, 11) is 0. The highest BCUT2D eigenvalue weighted by Gasteiger charge is 2.15. The van der Waals surface area contributed by atoms with Gasteiger partial charge >= 0.3 is 0 Å². The number of nitrogens with one attached hydrogen (secondary N) is 1. The number of halogens is 1. The Labute approximate surface area is 113 Å². The van der Waals surface area contributed by atoms with E-state index in [0.29, 0.717) is 11.6 Å². The molecule has 1 aromatic carbocycles. The summed E-state index contributed by atoms with van der Waals surface area (Å²) >= 11 is 1.56. The molecular formula is C13H11FN4S. The minimum atomic E-state index is -0.443. The summed E-state index contributed by atoms with van der Waals surface area (Å²) in [4.78, 5) is 5.36. The van der Waals surface area contributed by atoms with Crippen molar-refractivity contribution in [1.29, 1.82) is 0 Å². The van der Waals surface area contributed by atoms with Crippen LogP contribution in [0.4, 0.5) is 4.39 Å². The maximum atomic E-state index is 12.9. The number of rotatable bonds is 3. The molecule has 0 radical (unpaired) electrons. The van der Waals surface area contributed by atoms with Gasteiger partial charge in [-0.1, -0.05) is 18.2 Å². The quantitative estimate of drug-likeness (QED) is 0.771. The minimum absolute atomic E-state index is 0.284. The van der Waals surface area contributed by atoms with Gasteiger partial charge in [-0.05, 0) is 29.1 Å². The summed E-state index contributed by atoms with van der Waals surface area (Å²) in [5.41, 5.74) is 6.87. The SMILES string of the molecule is N[C@@H](c1ccc(F)cc1)c1nc(-c2cccs2)n[nH]1. The number of H-pyrrole nitrogens is 1. The molecule has 2 heterocycles. The van der Waals surface area contributed by atoms with Gasteiger partial charge in [-0.15, -0.1) is 11.3 Å². The number of hydrogen-bond acceptors (Lipinski definition) is 4. The van der Waals surface area contributed by atoms with E-state index >= 15 is 0 Å². The van der Waals surface area contributed by atoms with Crippen LogP contribution in [0.2, 0.25) is 0 Å². The van der Waals surface area contributed by atoms with E-state index in [-0.39, 0.29) is 5.82 Å². The molecule has 0 unspecified atom stereocenters. The number of thiophene rings is 1. The van der Waals surface area contributed by atoms with Crippen LogP contribution >= 0.6 is 11.3 Å². The predicted molar refractivity (Wildman–Crippen MR) is 72.1 cm³/mol. The van der Waals surface area contributed by atoms with Crippen LogP contribution in [0, 0.1) is 5.82 Å². The number of nitrogens with two attached hydrogens (primary N) is 1. The van der Waals surface area contributed by atoms with Gasteiger partial charge in [-0.25, -0.2) is 9.37 Å². The van der Waals surface area contributed by atoms with Gasteiger partial charge in [-0.3, -0.25) is 5.10 Å². The number of aromatic amines is 1. The average Bonchev–Trinajstić information content (AvgIpc) is 3.10. The molecule has 0 aliphatic heterocycles. The molecule has 0 amide bonds. The van der Waals surface area contributed by atoms with E-state index in [2.05, 4.69) is 15.2 Å². The van der Waals surface area contributed by atoms with Crippen molar-refractivity contribution in [3.8, 4) is 10.7 Å². The van der Waals surface area contributed by atoms with E-state index in [1.54, 1.807) is 23.5 Å². The fourth-order valence-electron chi connectivity index (χ4n) is 1.76. The van der Waals surface area contributed by atoms with Gasteiger partial charge in [0.25, 0.3) is 0 Å². The molecule has 0 fully saturated rings. The molecule has 0 bridgehead atoms. The molecule has 0 saturated carbocycles. The molecular weight excluding hydrogens is 263 g/mol. The Morgan fingerprint density at radius 3 is 2.68 bits per heavy atom. The summed E-state index contributed by atoms with van der Waals surface area (Å²) in [6, 6.07) is 9.50. The summed E-state index contributed by atoms with van der Waals surface area (Å²) in [5.74, 6) is 0.908. The Bertz CT molecular complexity index is 660. The normalized spacial score (nSPS) is 12.5. The van der Waals surface area contributed by atoms with Crippen molar-refractivity contribution < 1.29 is 4.39 Å². The molecule has 0 saturated heterocycles. The Morgan fingerprint density at radius 1 is 1.21 bits per heavy atom. The molecule has 0 spiro atoms. The first-order valence-electron chi connectivity index (χ1n) is 5.71. The molecule has 0 aliphatic carbocycles. The van der Waals surface area contributed by atoms with Crippen molar-refractivity contribution in [2.45, 2.75) is 6.04 Å². The highest BCUT2D eigenvalue weighted by Crippen LogP contribution is 2.23. The van der Waals surface area contributed by atoms with Crippen molar-refractivity contribution >= 4 is 11.3 Å². The van der Waals surface area contributed by atoms with E-state index in [4.69, 9.17) is 5.73 Å². The fourth-order valence-corrected chi connectivity index (χ4v) is 2.41. The van der Waals surface area contributed by atoms with E-state index in [1.807, 2.05) is 17.5 Å². The molecule has 4 nitrogen and oxygen atoms in total. The van der Waals surface area contributed by atoms with Gasteiger partial charge in [0.15, 0.2) is 5.82 Å². The molecule has 0 aliphatic rings. The summed E-state index contributed by atoms with van der Waals surface area (Å²) in [6.45, 7) is 0. The van der Waals surface area contributed by atoms with Crippen molar-refractivity contribution in [3.63, 3.8) is 0 Å². The zero-order chi connectivity index (χ0) is 13.2.